The first-order valence-corrected chi connectivity index (χ1v) is 14.0. The Morgan fingerprint density at radius 2 is 1.73 bits per heavy atom. The van der Waals surface area contributed by atoms with Gasteiger partial charge in [0.1, 0.15) is 0 Å². The number of aromatic nitrogens is 5. The van der Waals surface area contributed by atoms with Crippen LogP contribution in [0.2, 0.25) is 0 Å². The lowest BCUT2D eigenvalue weighted by Crippen LogP contribution is -2.57. The summed E-state index contributed by atoms with van der Waals surface area (Å²) in [7, 11) is 1.96. The minimum atomic E-state index is -0.591. The average molecular weight is 506 g/mol. The topological polar surface area (TPSA) is 95.5 Å². The van der Waals surface area contributed by atoms with Gasteiger partial charge in [0, 0.05) is 68.7 Å². The van der Waals surface area contributed by atoms with E-state index in [-0.39, 0.29) is 5.54 Å². The van der Waals surface area contributed by atoms with E-state index >= 15 is 0 Å². The summed E-state index contributed by atoms with van der Waals surface area (Å²) < 4.78 is 4.22. The highest BCUT2D eigenvalue weighted by molar-refractivity contribution is 5.89. The Bertz CT molecular complexity index is 1330. The molecule has 198 valence electrons. The summed E-state index contributed by atoms with van der Waals surface area (Å²) in [6.07, 6.45) is 8.92. The zero-order chi connectivity index (χ0) is 25.5. The van der Waals surface area contributed by atoms with E-state index < -0.39 is 12.2 Å². The molecule has 3 aromatic rings. The second-order valence-corrected chi connectivity index (χ2v) is 12.4. The van der Waals surface area contributed by atoms with Gasteiger partial charge in [-0.2, -0.15) is 10.2 Å². The number of hydrogen-bond acceptors (Lipinski definition) is 7. The quantitative estimate of drug-likeness (QED) is 0.562. The molecule has 0 unspecified atom stereocenters. The number of aliphatic hydroxyl groups is 2. The zero-order valence-corrected chi connectivity index (χ0v) is 22.3. The summed E-state index contributed by atoms with van der Waals surface area (Å²) in [4.78, 5) is 9.59. The maximum Gasteiger partial charge on any atom is 0.159 e. The van der Waals surface area contributed by atoms with Gasteiger partial charge in [-0.15, -0.1) is 0 Å². The van der Waals surface area contributed by atoms with Crippen LogP contribution in [0.25, 0.3) is 11.0 Å². The molecule has 4 fully saturated rings. The first-order valence-electron chi connectivity index (χ1n) is 14.0. The average Bonchev–Trinajstić information content (AvgIpc) is 3.55. The number of hydrogen-bond donors (Lipinski definition) is 2. The predicted molar refractivity (Wildman–Crippen MR) is 141 cm³/mol. The van der Waals surface area contributed by atoms with Gasteiger partial charge in [0.2, 0.25) is 0 Å². The Labute approximate surface area is 218 Å². The smallest absolute Gasteiger partial charge is 0.159 e. The third-order valence-electron chi connectivity index (χ3n) is 10.3. The standard InChI is InChI=1S/C28H39N7O2/c1-18-12-23(20-13-29-32(3)26(20)30-18)33-11-4-22-21(14-33)19(2)31-35(22)17-27-5-8-28(9-6-27,10-7-27)34-15-24(36)25(37)16-34/h12-13,24-25,36-37H,4-11,14-17H2,1-3H3/t24-,25-,27?,28?/m0/s1. The molecule has 8 rings (SSSR count). The van der Waals surface area contributed by atoms with Crippen LogP contribution >= 0.6 is 0 Å². The molecule has 5 heterocycles. The van der Waals surface area contributed by atoms with Crippen LogP contribution < -0.4 is 4.90 Å². The highest BCUT2D eigenvalue weighted by Gasteiger charge is 2.53. The van der Waals surface area contributed by atoms with E-state index in [1.54, 1.807) is 0 Å². The molecule has 0 amide bonds. The predicted octanol–water partition coefficient (Wildman–Crippen LogP) is 2.47. The summed E-state index contributed by atoms with van der Waals surface area (Å²) >= 11 is 0. The Balaban J connectivity index is 1.10. The van der Waals surface area contributed by atoms with Crippen molar-refractivity contribution in [2.75, 3.05) is 24.5 Å². The molecule has 3 aliphatic carbocycles. The van der Waals surface area contributed by atoms with Gasteiger partial charge in [-0.1, -0.05) is 0 Å². The Morgan fingerprint density at radius 1 is 1.03 bits per heavy atom. The van der Waals surface area contributed by atoms with Crippen molar-refractivity contribution in [1.29, 1.82) is 0 Å². The Kier molecular flexibility index (Phi) is 5.27. The van der Waals surface area contributed by atoms with Crippen molar-refractivity contribution in [3.05, 3.63) is 34.9 Å². The van der Waals surface area contributed by atoms with Crippen molar-refractivity contribution < 1.29 is 10.2 Å². The summed E-state index contributed by atoms with van der Waals surface area (Å²) in [5.74, 6) is 0. The van der Waals surface area contributed by atoms with Gasteiger partial charge >= 0.3 is 0 Å². The fourth-order valence-corrected chi connectivity index (χ4v) is 7.91. The highest BCUT2D eigenvalue weighted by atomic mass is 16.3. The fraction of sp³-hybridized carbons (Fsp3) is 0.679. The summed E-state index contributed by atoms with van der Waals surface area (Å²) in [6, 6.07) is 2.20. The van der Waals surface area contributed by atoms with Crippen LogP contribution in [0.3, 0.4) is 0 Å². The van der Waals surface area contributed by atoms with Gasteiger partial charge in [0.25, 0.3) is 0 Å². The van der Waals surface area contributed by atoms with Gasteiger partial charge in [-0.3, -0.25) is 14.3 Å². The summed E-state index contributed by atoms with van der Waals surface area (Å²) in [6.45, 7) is 8.35. The second kappa shape index (κ2) is 8.25. The molecule has 2 bridgehead atoms. The summed E-state index contributed by atoms with van der Waals surface area (Å²) in [5.41, 5.74) is 7.65. The molecule has 0 aromatic carbocycles. The molecule has 2 atom stereocenters. The van der Waals surface area contributed by atoms with Gasteiger partial charge in [0.15, 0.2) is 5.65 Å². The lowest BCUT2D eigenvalue weighted by molar-refractivity contribution is -0.0582. The minimum Gasteiger partial charge on any atom is -0.389 e. The van der Waals surface area contributed by atoms with Gasteiger partial charge in [-0.05, 0) is 63.9 Å². The Morgan fingerprint density at radius 3 is 2.43 bits per heavy atom. The molecule has 0 spiro atoms. The number of pyridine rings is 1. The van der Waals surface area contributed by atoms with E-state index in [4.69, 9.17) is 10.1 Å². The van der Waals surface area contributed by atoms with E-state index in [2.05, 4.69) is 39.5 Å². The number of aliphatic hydroxyl groups excluding tert-OH is 2. The molecule has 9 nitrogen and oxygen atoms in total. The van der Waals surface area contributed by atoms with Crippen molar-refractivity contribution in [3.63, 3.8) is 0 Å². The molecule has 2 aliphatic heterocycles. The van der Waals surface area contributed by atoms with E-state index in [0.29, 0.717) is 18.5 Å². The number of anilines is 1. The van der Waals surface area contributed by atoms with Gasteiger partial charge in [-0.25, -0.2) is 4.98 Å². The second-order valence-electron chi connectivity index (χ2n) is 12.4. The van der Waals surface area contributed by atoms with Crippen molar-refractivity contribution in [3.8, 4) is 0 Å². The molecule has 5 aliphatic rings. The van der Waals surface area contributed by atoms with Crippen LogP contribution in [0.5, 0.6) is 0 Å². The molecular weight excluding hydrogens is 466 g/mol. The lowest BCUT2D eigenvalue weighted by Gasteiger charge is -2.57. The third kappa shape index (κ3) is 3.65. The normalized spacial score (nSPS) is 32.0. The van der Waals surface area contributed by atoms with E-state index in [0.717, 1.165) is 48.5 Å². The fourth-order valence-electron chi connectivity index (χ4n) is 7.91. The number of rotatable bonds is 4. The first-order chi connectivity index (χ1) is 17.8. The highest BCUT2D eigenvalue weighted by Crippen LogP contribution is 2.56. The molecule has 0 radical (unpaired) electrons. The SMILES string of the molecule is Cc1cc(N2CCc3c(c(C)nn3CC34CCC(N5C[C@H](O)[C@@H](O)C5)(CC3)CC4)C2)c2cnn(C)c2n1. The van der Waals surface area contributed by atoms with Crippen molar-refractivity contribution in [2.24, 2.45) is 12.5 Å². The van der Waals surface area contributed by atoms with Crippen molar-refractivity contribution in [2.45, 2.75) is 89.6 Å². The number of aryl methyl sites for hydroxylation is 3. The maximum atomic E-state index is 10.1. The van der Waals surface area contributed by atoms with Crippen LogP contribution in [0.15, 0.2) is 12.3 Å². The van der Waals surface area contributed by atoms with E-state index in [9.17, 15) is 10.2 Å². The first kappa shape index (κ1) is 23.6. The van der Waals surface area contributed by atoms with E-state index in [1.807, 2.05) is 17.9 Å². The largest absolute Gasteiger partial charge is 0.389 e. The Hall–Kier alpha value is -2.49. The molecular formula is C28H39N7O2. The number of nitrogens with zero attached hydrogens (tertiary/aromatic N) is 7. The van der Waals surface area contributed by atoms with Gasteiger partial charge < -0.3 is 15.1 Å². The monoisotopic (exact) mass is 505 g/mol. The molecule has 3 aromatic heterocycles. The molecule has 2 N–H and O–H groups in total. The maximum absolute atomic E-state index is 10.1. The van der Waals surface area contributed by atoms with Crippen molar-refractivity contribution in [1.82, 2.24) is 29.4 Å². The van der Waals surface area contributed by atoms with Crippen LogP contribution in [-0.2, 0) is 26.6 Å². The summed E-state index contributed by atoms with van der Waals surface area (Å²) in [5, 5.41) is 30.9. The molecule has 9 heteroatoms. The van der Waals surface area contributed by atoms with Gasteiger partial charge in [0.05, 0.1) is 35.2 Å². The number of likely N-dealkylation sites (tertiary alicyclic amines) is 1. The minimum absolute atomic E-state index is 0.181. The van der Waals surface area contributed by atoms with Crippen molar-refractivity contribution >= 4 is 16.7 Å². The number of fused-ring (bicyclic) bond motifs is 5. The third-order valence-corrected chi connectivity index (χ3v) is 10.3. The molecule has 1 saturated heterocycles. The van der Waals surface area contributed by atoms with Crippen LogP contribution in [0.4, 0.5) is 5.69 Å². The van der Waals surface area contributed by atoms with Crippen LogP contribution in [-0.4, -0.2) is 77.0 Å². The lowest BCUT2D eigenvalue weighted by atomic mass is 9.56. The molecule has 37 heavy (non-hydrogen) atoms. The zero-order valence-electron chi connectivity index (χ0n) is 22.3. The van der Waals surface area contributed by atoms with E-state index in [1.165, 1.54) is 55.5 Å². The molecule has 3 saturated carbocycles. The van der Waals surface area contributed by atoms with Crippen LogP contribution in [0.1, 0.15) is 61.2 Å². The van der Waals surface area contributed by atoms with Crippen LogP contribution in [0, 0.1) is 19.3 Å². The number of β-amino-alcohol motifs (C(OH)–C–C–N with tert-alkyl or cyclic N) is 2.